The van der Waals surface area contributed by atoms with Crippen LogP contribution in [0.4, 0.5) is 0 Å². The Bertz CT molecular complexity index is 296. The predicted octanol–water partition coefficient (Wildman–Crippen LogP) is 5.72. The van der Waals surface area contributed by atoms with E-state index >= 15 is 0 Å². The molecule has 0 N–H and O–H groups in total. The van der Waals surface area contributed by atoms with Crippen LogP contribution in [-0.4, -0.2) is 46.8 Å². The molecule has 3 nitrogen and oxygen atoms in total. The van der Waals surface area contributed by atoms with E-state index in [0.717, 1.165) is 17.9 Å². The van der Waals surface area contributed by atoms with Gasteiger partial charge in [-0.3, -0.25) is 0 Å². The third kappa shape index (κ3) is 8.39. The standard InChI is InChI=1S/C20H41O3PSi/c1-3-21-25(22-4-2)23-17-11-12-18-24(19-13-7-5-8-14-19)20-15-9-6-10-16-20/h19-20,25H,3-18H2,1-2H3. The van der Waals surface area contributed by atoms with Gasteiger partial charge in [-0.15, -0.1) is 7.92 Å². The van der Waals surface area contributed by atoms with Crippen LogP contribution in [0, 0.1) is 0 Å². The molecule has 2 fully saturated rings. The summed E-state index contributed by atoms with van der Waals surface area (Å²) in [6.07, 6.45) is 19.1. The molecule has 2 aliphatic rings. The molecule has 148 valence electrons. The Kier molecular flexibility index (Phi) is 11.9. The molecule has 0 bridgehead atoms. The summed E-state index contributed by atoms with van der Waals surface area (Å²) in [6.45, 7) is 6.26. The summed E-state index contributed by atoms with van der Waals surface area (Å²) in [7, 11) is -1.60. The van der Waals surface area contributed by atoms with Gasteiger partial charge in [0.2, 0.25) is 0 Å². The molecule has 0 aliphatic heterocycles. The highest BCUT2D eigenvalue weighted by Crippen LogP contribution is 2.56. The molecule has 0 aromatic carbocycles. The Morgan fingerprint density at radius 1 is 0.720 bits per heavy atom. The maximum Gasteiger partial charge on any atom is 0.484 e. The smallest absolute Gasteiger partial charge is 0.376 e. The van der Waals surface area contributed by atoms with Crippen molar-refractivity contribution in [1.29, 1.82) is 0 Å². The first-order valence-corrected chi connectivity index (χ1v) is 14.0. The molecule has 0 amide bonds. The lowest BCUT2D eigenvalue weighted by molar-refractivity contribution is 0.101. The lowest BCUT2D eigenvalue weighted by atomic mass is 9.99. The average Bonchev–Trinajstić information content (AvgIpc) is 2.66. The molecule has 2 rings (SSSR count). The molecule has 0 saturated heterocycles. The highest BCUT2D eigenvalue weighted by Gasteiger charge is 2.30. The van der Waals surface area contributed by atoms with Gasteiger partial charge in [-0.05, 0) is 69.9 Å². The minimum absolute atomic E-state index is 0.251. The quantitative estimate of drug-likeness (QED) is 0.243. The summed E-state index contributed by atoms with van der Waals surface area (Å²) >= 11 is 0. The number of hydrogen-bond acceptors (Lipinski definition) is 3. The van der Waals surface area contributed by atoms with E-state index in [2.05, 4.69) is 0 Å². The van der Waals surface area contributed by atoms with Crippen LogP contribution < -0.4 is 0 Å². The Balaban J connectivity index is 1.71. The molecule has 0 heterocycles. The lowest BCUT2D eigenvalue weighted by Gasteiger charge is -2.38. The van der Waals surface area contributed by atoms with Crippen LogP contribution in [0.25, 0.3) is 0 Å². The zero-order valence-corrected chi connectivity index (χ0v) is 18.8. The topological polar surface area (TPSA) is 27.7 Å². The maximum absolute atomic E-state index is 5.90. The fraction of sp³-hybridized carbons (Fsp3) is 1.00. The molecular formula is C20H41O3PSi. The van der Waals surface area contributed by atoms with Crippen molar-refractivity contribution in [2.75, 3.05) is 26.0 Å². The fourth-order valence-electron chi connectivity index (χ4n) is 4.48. The molecule has 2 saturated carbocycles. The molecule has 0 unspecified atom stereocenters. The van der Waals surface area contributed by atoms with E-state index in [9.17, 15) is 0 Å². The van der Waals surface area contributed by atoms with Gasteiger partial charge in [0.15, 0.2) is 0 Å². The molecule has 2 aliphatic carbocycles. The van der Waals surface area contributed by atoms with E-state index in [4.69, 9.17) is 13.3 Å². The monoisotopic (exact) mass is 388 g/mol. The SMILES string of the molecule is CCO[SiH](OCC)OCCCCP(C1CCCCC1)C1CCCCC1. The van der Waals surface area contributed by atoms with Gasteiger partial charge in [0, 0.05) is 19.8 Å². The summed E-state index contributed by atoms with van der Waals surface area (Å²) in [5, 5.41) is 0. The highest BCUT2D eigenvalue weighted by atomic mass is 31.1. The van der Waals surface area contributed by atoms with E-state index in [1.807, 2.05) is 13.8 Å². The summed E-state index contributed by atoms with van der Waals surface area (Å²) in [4.78, 5) is 0. The van der Waals surface area contributed by atoms with E-state index in [-0.39, 0.29) is 7.92 Å². The van der Waals surface area contributed by atoms with Crippen molar-refractivity contribution in [1.82, 2.24) is 0 Å². The summed E-state index contributed by atoms with van der Waals surface area (Å²) in [5.74, 6) is 0. The van der Waals surface area contributed by atoms with Crippen molar-refractivity contribution in [3.63, 3.8) is 0 Å². The van der Waals surface area contributed by atoms with Crippen LogP contribution in [0.5, 0.6) is 0 Å². The fourth-order valence-corrected chi connectivity index (χ4v) is 9.65. The molecule has 25 heavy (non-hydrogen) atoms. The highest BCUT2D eigenvalue weighted by molar-refractivity contribution is 7.59. The van der Waals surface area contributed by atoms with Gasteiger partial charge in [-0.25, -0.2) is 0 Å². The number of hydrogen-bond donors (Lipinski definition) is 0. The van der Waals surface area contributed by atoms with E-state index in [0.29, 0.717) is 13.2 Å². The van der Waals surface area contributed by atoms with Crippen LogP contribution in [-0.2, 0) is 13.3 Å². The Morgan fingerprint density at radius 3 is 1.72 bits per heavy atom. The minimum Gasteiger partial charge on any atom is -0.376 e. The lowest BCUT2D eigenvalue weighted by Crippen LogP contribution is -2.27. The Labute approximate surface area is 159 Å². The van der Waals surface area contributed by atoms with Crippen molar-refractivity contribution in [3.05, 3.63) is 0 Å². The van der Waals surface area contributed by atoms with Gasteiger partial charge in [0.1, 0.15) is 0 Å². The molecular weight excluding hydrogens is 347 g/mol. The summed E-state index contributed by atoms with van der Waals surface area (Å²) in [6, 6.07) is 0. The predicted molar refractivity (Wildman–Crippen MR) is 111 cm³/mol. The average molecular weight is 389 g/mol. The van der Waals surface area contributed by atoms with Crippen LogP contribution in [0.1, 0.15) is 90.9 Å². The first-order chi connectivity index (χ1) is 12.3. The van der Waals surface area contributed by atoms with Crippen molar-refractivity contribution in [2.24, 2.45) is 0 Å². The second-order valence-corrected chi connectivity index (χ2v) is 12.1. The van der Waals surface area contributed by atoms with Crippen molar-refractivity contribution >= 4 is 17.4 Å². The van der Waals surface area contributed by atoms with Crippen molar-refractivity contribution in [2.45, 2.75) is 102 Å². The second kappa shape index (κ2) is 13.7. The van der Waals surface area contributed by atoms with E-state index in [1.165, 1.54) is 83.2 Å². The normalized spacial score (nSPS) is 20.6. The Hall–Kier alpha value is 0.527. The van der Waals surface area contributed by atoms with Gasteiger partial charge >= 0.3 is 9.53 Å². The third-order valence-electron chi connectivity index (χ3n) is 5.76. The van der Waals surface area contributed by atoms with Gasteiger partial charge in [0.25, 0.3) is 0 Å². The zero-order valence-electron chi connectivity index (χ0n) is 16.7. The van der Waals surface area contributed by atoms with Crippen molar-refractivity contribution in [3.8, 4) is 0 Å². The summed E-state index contributed by atoms with van der Waals surface area (Å²) in [5.41, 5.74) is 2.17. The molecule has 0 aromatic rings. The zero-order chi connectivity index (χ0) is 17.7. The first-order valence-electron chi connectivity index (χ1n) is 11.0. The molecule has 0 aromatic heterocycles. The number of rotatable bonds is 12. The minimum atomic E-state index is -1.85. The van der Waals surface area contributed by atoms with Gasteiger partial charge in [-0.1, -0.05) is 38.5 Å². The summed E-state index contributed by atoms with van der Waals surface area (Å²) < 4.78 is 17.1. The van der Waals surface area contributed by atoms with Crippen molar-refractivity contribution < 1.29 is 13.3 Å². The van der Waals surface area contributed by atoms with Crippen LogP contribution in [0.15, 0.2) is 0 Å². The first kappa shape index (κ1) is 21.8. The third-order valence-corrected chi connectivity index (χ3v) is 11.2. The largest absolute Gasteiger partial charge is 0.484 e. The van der Waals surface area contributed by atoms with Gasteiger partial charge in [-0.2, -0.15) is 0 Å². The van der Waals surface area contributed by atoms with Gasteiger partial charge < -0.3 is 13.3 Å². The van der Waals surface area contributed by atoms with Crippen LogP contribution in [0.3, 0.4) is 0 Å². The van der Waals surface area contributed by atoms with Gasteiger partial charge in [0.05, 0.1) is 0 Å². The second-order valence-electron chi connectivity index (χ2n) is 7.60. The molecule has 0 spiro atoms. The molecule has 5 heteroatoms. The van der Waals surface area contributed by atoms with E-state index in [1.54, 1.807) is 0 Å². The maximum atomic E-state index is 5.90. The Morgan fingerprint density at radius 2 is 1.24 bits per heavy atom. The molecule has 0 atom stereocenters. The molecule has 0 radical (unpaired) electrons. The van der Waals surface area contributed by atoms with Crippen LogP contribution >= 0.6 is 7.92 Å². The van der Waals surface area contributed by atoms with E-state index < -0.39 is 9.53 Å². The van der Waals surface area contributed by atoms with Crippen LogP contribution in [0.2, 0.25) is 0 Å². The number of unbranched alkanes of at least 4 members (excludes halogenated alkanes) is 1.